The van der Waals surface area contributed by atoms with Gasteiger partial charge in [-0.2, -0.15) is 0 Å². The van der Waals surface area contributed by atoms with Crippen LogP contribution in [-0.4, -0.2) is 68.3 Å². The minimum Gasteiger partial charge on any atom is -0.726 e. The van der Waals surface area contributed by atoms with Crippen LogP contribution in [0, 0.1) is 0 Å². The van der Waals surface area contributed by atoms with E-state index < -0.39 is 46.9 Å². The van der Waals surface area contributed by atoms with Gasteiger partial charge in [-0.25, -0.2) is 8.42 Å². The molecular formula is C10H17NaO9S. The van der Waals surface area contributed by atoms with E-state index in [4.69, 9.17) is 18.9 Å². The Morgan fingerprint density at radius 3 is 2.52 bits per heavy atom. The molecule has 2 saturated heterocycles. The molecule has 0 saturated carbocycles. The van der Waals surface area contributed by atoms with Crippen LogP contribution in [0.2, 0.25) is 0 Å². The first-order valence-corrected chi connectivity index (χ1v) is 7.28. The molecule has 9 nitrogen and oxygen atoms in total. The molecule has 21 heavy (non-hydrogen) atoms. The van der Waals surface area contributed by atoms with E-state index in [2.05, 4.69) is 4.18 Å². The summed E-state index contributed by atoms with van der Waals surface area (Å²) in [6.45, 7) is 3.41. The molecule has 118 valence electrons. The van der Waals surface area contributed by atoms with Crippen LogP contribution in [0.3, 0.4) is 0 Å². The Bertz CT molecular complexity index is 453. The molecule has 0 unspecified atom stereocenters. The third kappa shape index (κ3) is 4.82. The minimum atomic E-state index is -5.02. The summed E-state index contributed by atoms with van der Waals surface area (Å²) in [5.41, 5.74) is 0. The molecule has 0 spiro atoms. The summed E-state index contributed by atoms with van der Waals surface area (Å²) >= 11 is 0. The molecule has 0 amide bonds. The van der Waals surface area contributed by atoms with Gasteiger partial charge in [-0.3, -0.25) is 4.18 Å². The Morgan fingerprint density at radius 1 is 1.38 bits per heavy atom. The maximum Gasteiger partial charge on any atom is 1.00 e. The predicted octanol–water partition coefficient (Wildman–Crippen LogP) is -4.28. The van der Waals surface area contributed by atoms with Crippen LogP contribution >= 0.6 is 0 Å². The molecule has 0 aromatic carbocycles. The Morgan fingerprint density at radius 2 is 2.00 bits per heavy atom. The smallest absolute Gasteiger partial charge is 0.726 e. The number of fused-ring (bicyclic) bond motifs is 1. The summed E-state index contributed by atoms with van der Waals surface area (Å²) in [6.07, 6.45) is -5.68. The number of rotatable bonds is 3. The first-order valence-electron chi connectivity index (χ1n) is 5.95. The molecule has 0 bridgehead atoms. The first-order chi connectivity index (χ1) is 9.13. The summed E-state index contributed by atoms with van der Waals surface area (Å²) in [4.78, 5) is 0. The van der Waals surface area contributed by atoms with Crippen molar-refractivity contribution in [3.63, 3.8) is 0 Å². The average molecular weight is 336 g/mol. The molecular weight excluding hydrogens is 319 g/mol. The minimum absolute atomic E-state index is 0. The van der Waals surface area contributed by atoms with Gasteiger partial charge in [-0.15, -0.1) is 0 Å². The van der Waals surface area contributed by atoms with Crippen molar-refractivity contribution in [1.82, 2.24) is 0 Å². The largest absolute Gasteiger partial charge is 1.00 e. The second-order valence-electron chi connectivity index (χ2n) is 5.03. The quantitative estimate of drug-likeness (QED) is 0.310. The number of methoxy groups -OCH3 is 1. The third-order valence-corrected chi connectivity index (χ3v) is 3.55. The fourth-order valence-electron chi connectivity index (χ4n) is 2.25. The van der Waals surface area contributed by atoms with Crippen LogP contribution in [0.15, 0.2) is 0 Å². The van der Waals surface area contributed by atoms with Gasteiger partial charge in [0.25, 0.3) is 0 Å². The van der Waals surface area contributed by atoms with Crippen molar-refractivity contribution in [2.24, 2.45) is 0 Å². The van der Waals surface area contributed by atoms with Crippen molar-refractivity contribution in [1.29, 1.82) is 0 Å². The molecule has 0 aromatic rings. The predicted molar refractivity (Wildman–Crippen MR) is 61.2 cm³/mol. The van der Waals surface area contributed by atoms with Crippen LogP contribution in [0.5, 0.6) is 0 Å². The number of aliphatic hydroxyl groups excluding tert-OH is 1. The third-order valence-electron chi connectivity index (χ3n) is 3.09. The average Bonchev–Trinajstić information content (AvgIpc) is 2.31. The Labute approximate surface area is 145 Å². The molecule has 2 heterocycles. The van der Waals surface area contributed by atoms with E-state index in [-0.39, 0.29) is 36.2 Å². The van der Waals surface area contributed by atoms with Crippen molar-refractivity contribution < 1.29 is 70.8 Å². The summed E-state index contributed by atoms with van der Waals surface area (Å²) in [5, 5.41) is 10.2. The SMILES string of the molecule is CO[C@@H]1O[C@@H]2COC(C)(C)O[C@@H]2[C@H](O)[C@H]1OS(=O)(=O)[O-].[Na+]. The van der Waals surface area contributed by atoms with E-state index in [9.17, 15) is 18.1 Å². The summed E-state index contributed by atoms with van der Waals surface area (Å²) in [7, 11) is -3.79. The topological polar surface area (TPSA) is 124 Å². The first kappa shape index (κ1) is 19.7. The van der Waals surface area contributed by atoms with Gasteiger partial charge >= 0.3 is 29.6 Å². The van der Waals surface area contributed by atoms with Crippen LogP contribution in [-0.2, 0) is 33.5 Å². The molecule has 2 rings (SSSR count). The molecule has 5 atom stereocenters. The zero-order chi connectivity index (χ0) is 15.1. The zero-order valence-electron chi connectivity index (χ0n) is 12.2. The normalized spacial score (nSPS) is 39.2. The fourth-order valence-corrected chi connectivity index (χ4v) is 2.72. The number of hydrogen-bond acceptors (Lipinski definition) is 9. The fraction of sp³-hybridized carbons (Fsp3) is 1.00. The van der Waals surface area contributed by atoms with Gasteiger partial charge in [0.15, 0.2) is 18.2 Å². The van der Waals surface area contributed by atoms with E-state index >= 15 is 0 Å². The summed E-state index contributed by atoms with van der Waals surface area (Å²) in [5.74, 6) is -0.966. The van der Waals surface area contributed by atoms with Crippen LogP contribution in [0.25, 0.3) is 0 Å². The second-order valence-corrected chi connectivity index (χ2v) is 6.04. The van der Waals surface area contributed by atoms with Crippen molar-refractivity contribution in [3.05, 3.63) is 0 Å². The van der Waals surface area contributed by atoms with Crippen molar-refractivity contribution >= 4 is 10.4 Å². The van der Waals surface area contributed by atoms with Crippen molar-refractivity contribution in [3.8, 4) is 0 Å². The maximum absolute atomic E-state index is 10.7. The molecule has 2 fully saturated rings. The molecule has 2 aliphatic heterocycles. The van der Waals surface area contributed by atoms with Crippen LogP contribution in [0.1, 0.15) is 13.8 Å². The number of ether oxygens (including phenoxy) is 4. The van der Waals surface area contributed by atoms with Gasteiger partial charge in [0, 0.05) is 7.11 Å². The molecule has 0 radical (unpaired) electrons. The second kappa shape index (κ2) is 7.05. The van der Waals surface area contributed by atoms with E-state index in [1.54, 1.807) is 13.8 Å². The maximum atomic E-state index is 10.7. The Balaban J connectivity index is 0.00000220. The standard InChI is InChI=1S/C10H18O9S.Na/c1-10(2)16-4-5-7(18-10)6(11)8(9(15-3)17-5)19-20(12,13)14;/h5-9,11H,4H2,1-3H3,(H,12,13,14);/q;+1/p-1/t5-,6+,7+,8-,9-;/m1./s1. The van der Waals surface area contributed by atoms with Gasteiger partial charge in [0.1, 0.15) is 18.3 Å². The van der Waals surface area contributed by atoms with E-state index in [1.807, 2.05) is 0 Å². The number of hydrogen-bond donors (Lipinski definition) is 1. The van der Waals surface area contributed by atoms with Gasteiger partial charge < -0.3 is 28.6 Å². The van der Waals surface area contributed by atoms with Gasteiger partial charge in [-0.05, 0) is 13.8 Å². The zero-order valence-corrected chi connectivity index (χ0v) is 15.0. The molecule has 1 N–H and O–H groups in total. The summed E-state index contributed by atoms with van der Waals surface area (Å²) in [6, 6.07) is 0. The van der Waals surface area contributed by atoms with Crippen LogP contribution in [0.4, 0.5) is 0 Å². The van der Waals surface area contributed by atoms with E-state index in [0.717, 1.165) is 0 Å². The molecule has 11 heteroatoms. The Hall–Kier alpha value is 0.670. The molecule has 0 aliphatic carbocycles. The van der Waals surface area contributed by atoms with Gasteiger partial charge in [-0.1, -0.05) is 0 Å². The molecule has 0 aromatic heterocycles. The van der Waals surface area contributed by atoms with E-state index in [1.165, 1.54) is 7.11 Å². The van der Waals surface area contributed by atoms with Crippen LogP contribution < -0.4 is 29.6 Å². The van der Waals surface area contributed by atoms with Crippen molar-refractivity contribution in [2.75, 3.05) is 13.7 Å². The van der Waals surface area contributed by atoms with Crippen molar-refractivity contribution in [2.45, 2.75) is 50.3 Å². The van der Waals surface area contributed by atoms with E-state index in [0.29, 0.717) is 0 Å². The number of aliphatic hydroxyl groups is 1. The molecule has 2 aliphatic rings. The van der Waals surface area contributed by atoms with Gasteiger partial charge in [0.2, 0.25) is 10.4 Å². The Kier molecular flexibility index (Phi) is 6.62. The van der Waals surface area contributed by atoms with Gasteiger partial charge in [0.05, 0.1) is 6.61 Å². The summed E-state index contributed by atoms with van der Waals surface area (Å²) < 4.78 is 57.7. The monoisotopic (exact) mass is 336 g/mol.